The zero-order valence-corrected chi connectivity index (χ0v) is 14.1. The number of rotatable bonds is 4. The molecule has 122 valence electrons. The summed E-state index contributed by atoms with van der Waals surface area (Å²) in [5.41, 5.74) is 2.11. The minimum atomic E-state index is -0.0811. The van der Waals surface area contributed by atoms with Crippen LogP contribution in [0, 0.1) is 0 Å². The van der Waals surface area contributed by atoms with Crippen LogP contribution >= 0.6 is 11.8 Å². The third kappa shape index (κ3) is 4.28. The Hall–Kier alpha value is -1.95. The highest BCUT2D eigenvalue weighted by atomic mass is 32.2. The Kier molecular flexibility index (Phi) is 5.23. The van der Waals surface area contributed by atoms with E-state index in [9.17, 15) is 4.79 Å². The van der Waals surface area contributed by atoms with Crippen LogP contribution in [0.25, 0.3) is 5.69 Å². The summed E-state index contributed by atoms with van der Waals surface area (Å²) in [6, 6.07) is 8.31. The van der Waals surface area contributed by atoms with Crippen LogP contribution in [-0.2, 0) is 0 Å². The van der Waals surface area contributed by atoms with Crippen LogP contribution < -0.4 is 10.6 Å². The van der Waals surface area contributed by atoms with Crippen LogP contribution in [0.2, 0.25) is 0 Å². The first kappa shape index (κ1) is 15.9. The number of benzene rings is 1. The lowest BCUT2D eigenvalue weighted by Crippen LogP contribution is -2.44. The Labute approximate surface area is 140 Å². The van der Waals surface area contributed by atoms with E-state index in [2.05, 4.69) is 21.7 Å². The van der Waals surface area contributed by atoms with E-state index in [-0.39, 0.29) is 12.1 Å². The molecule has 23 heavy (non-hydrogen) atoms. The predicted octanol–water partition coefficient (Wildman–Crippen LogP) is 3.13. The molecule has 5 nitrogen and oxygen atoms in total. The second kappa shape index (κ2) is 7.55. The lowest BCUT2D eigenvalue weighted by molar-refractivity contribution is 0.233. The van der Waals surface area contributed by atoms with E-state index >= 15 is 0 Å². The minimum Gasteiger partial charge on any atom is -0.335 e. The average molecular weight is 330 g/mol. The monoisotopic (exact) mass is 330 g/mol. The van der Waals surface area contributed by atoms with Gasteiger partial charge in [0.1, 0.15) is 0 Å². The van der Waals surface area contributed by atoms with Crippen LogP contribution in [0.15, 0.2) is 43.0 Å². The molecule has 2 amide bonds. The summed E-state index contributed by atoms with van der Waals surface area (Å²) in [4.78, 5) is 16.2. The van der Waals surface area contributed by atoms with Crippen molar-refractivity contribution in [1.29, 1.82) is 0 Å². The number of hydrogen-bond acceptors (Lipinski definition) is 3. The van der Waals surface area contributed by atoms with Gasteiger partial charge in [-0.05, 0) is 49.0 Å². The van der Waals surface area contributed by atoms with Crippen LogP contribution in [0.3, 0.4) is 0 Å². The number of thioether (sulfide) groups is 1. The second-order valence-electron chi connectivity index (χ2n) is 5.79. The molecule has 1 aromatic heterocycles. The number of urea groups is 1. The van der Waals surface area contributed by atoms with E-state index in [1.165, 1.54) is 0 Å². The molecule has 0 aliphatic carbocycles. The van der Waals surface area contributed by atoms with Gasteiger partial charge in [0.2, 0.25) is 0 Å². The van der Waals surface area contributed by atoms with Crippen LogP contribution in [0.5, 0.6) is 0 Å². The maximum atomic E-state index is 12.2. The first-order valence-electron chi connectivity index (χ1n) is 7.95. The highest BCUT2D eigenvalue weighted by Gasteiger charge is 2.17. The molecule has 2 heterocycles. The zero-order chi connectivity index (χ0) is 16.1. The van der Waals surface area contributed by atoms with Gasteiger partial charge in [0.15, 0.2) is 0 Å². The van der Waals surface area contributed by atoms with Crippen LogP contribution in [0.4, 0.5) is 4.79 Å². The van der Waals surface area contributed by atoms with Crippen molar-refractivity contribution in [2.45, 2.75) is 31.8 Å². The lowest BCUT2D eigenvalue weighted by atomic mass is 10.1. The summed E-state index contributed by atoms with van der Waals surface area (Å²) in [6.45, 7) is 2.00. The number of hydrogen-bond donors (Lipinski definition) is 2. The second-order valence-corrected chi connectivity index (χ2v) is 7.02. The van der Waals surface area contributed by atoms with Crippen molar-refractivity contribution in [3.8, 4) is 5.69 Å². The first-order valence-corrected chi connectivity index (χ1v) is 9.11. The Morgan fingerprint density at radius 2 is 2.22 bits per heavy atom. The topological polar surface area (TPSA) is 59.0 Å². The molecule has 1 atom stereocenters. The molecule has 0 unspecified atom stereocenters. The summed E-state index contributed by atoms with van der Waals surface area (Å²) >= 11 is 1.96. The van der Waals surface area contributed by atoms with Gasteiger partial charge in [-0.25, -0.2) is 9.78 Å². The highest BCUT2D eigenvalue weighted by molar-refractivity contribution is 7.99. The number of carbonyl (C=O) groups is 1. The molecule has 1 aliphatic heterocycles. The van der Waals surface area contributed by atoms with Crippen molar-refractivity contribution in [3.05, 3.63) is 48.5 Å². The van der Waals surface area contributed by atoms with Gasteiger partial charge in [-0.1, -0.05) is 12.1 Å². The van der Waals surface area contributed by atoms with E-state index in [1.54, 1.807) is 12.5 Å². The molecule has 0 radical (unpaired) electrons. The molecule has 2 N–H and O–H groups in total. The van der Waals surface area contributed by atoms with E-state index < -0.39 is 0 Å². The maximum Gasteiger partial charge on any atom is 0.315 e. The van der Waals surface area contributed by atoms with Crippen LogP contribution in [-0.4, -0.2) is 33.1 Å². The first-order chi connectivity index (χ1) is 11.2. The summed E-state index contributed by atoms with van der Waals surface area (Å²) < 4.78 is 1.95. The summed E-state index contributed by atoms with van der Waals surface area (Å²) in [6.07, 6.45) is 7.55. The van der Waals surface area contributed by atoms with Crippen LogP contribution in [0.1, 0.15) is 31.4 Å². The van der Waals surface area contributed by atoms with Gasteiger partial charge in [-0.15, -0.1) is 0 Å². The van der Waals surface area contributed by atoms with Crippen molar-refractivity contribution in [2.75, 3.05) is 11.5 Å². The average Bonchev–Trinajstić information content (AvgIpc) is 3.10. The van der Waals surface area contributed by atoms with Gasteiger partial charge in [-0.3, -0.25) is 0 Å². The SMILES string of the molecule is C[C@H](NC(=O)NC1CCSCC1)c1cccc(-n2ccnc2)c1. The summed E-state index contributed by atoms with van der Waals surface area (Å²) in [5, 5.41) is 6.12. The van der Waals surface area contributed by atoms with Crippen molar-refractivity contribution in [1.82, 2.24) is 20.2 Å². The Bertz CT molecular complexity index is 638. The Morgan fingerprint density at radius 1 is 1.39 bits per heavy atom. The number of imidazole rings is 1. The molecule has 1 aliphatic rings. The fourth-order valence-corrected chi connectivity index (χ4v) is 3.82. The van der Waals surface area contributed by atoms with Gasteiger partial charge in [-0.2, -0.15) is 11.8 Å². The van der Waals surface area contributed by atoms with Gasteiger partial charge >= 0.3 is 6.03 Å². The van der Waals surface area contributed by atoms with E-state index in [0.29, 0.717) is 6.04 Å². The molecule has 0 saturated carbocycles. The minimum absolute atomic E-state index is 0.0450. The number of carbonyl (C=O) groups excluding carboxylic acids is 1. The highest BCUT2D eigenvalue weighted by Crippen LogP contribution is 2.18. The van der Waals surface area contributed by atoms with Gasteiger partial charge in [0.25, 0.3) is 0 Å². The van der Waals surface area contributed by atoms with E-state index in [1.807, 2.05) is 47.6 Å². The van der Waals surface area contributed by atoms with Crippen molar-refractivity contribution in [2.24, 2.45) is 0 Å². The quantitative estimate of drug-likeness (QED) is 0.905. The van der Waals surface area contributed by atoms with E-state index in [4.69, 9.17) is 0 Å². The van der Waals surface area contributed by atoms with Crippen molar-refractivity contribution >= 4 is 17.8 Å². The molecule has 1 saturated heterocycles. The molecule has 1 aromatic carbocycles. The van der Waals surface area contributed by atoms with Gasteiger partial charge < -0.3 is 15.2 Å². The number of nitrogens with one attached hydrogen (secondary N) is 2. The Balaban J connectivity index is 1.60. The standard InChI is InChI=1S/C17H22N4OS/c1-13(19-17(22)20-15-5-9-23-10-6-15)14-3-2-4-16(11-14)21-8-7-18-12-21/h2-4,7-8,11-13,15H,5-6,9-10H2,1H3,(H2,19,20,22)/t13-/m0/s1. The Morgan fingerprint density at radius 3 is 2.96 bits per heavy atom. The zero-order valence-electron chi connectivity index (χ0n) is 13.2. The maximum absolute atomic E-state index is 12.2. The van der Waals surface area contributed by atoms with Crippen molar-refractivity contribution in [3.63, 3.8) is 0 Å². The molecule has 3 rings (SSSR count). The summed E-state index contributed by atoms with van der Waals surface area (Å²) in [7, 11) is 0. The largest absolute Gasteiger partial charge is 0.335 e. The molecular weight excluding hydrogens is 308 g/mol. The smallest absolute Gasteiger partial charge is 0.315 e. The normalized spacial score (nSPS) is 16.7. The summed E-state index contributed by atoms with van der Waals surface area (Å²) in [5.74, 6) is 2.26. The predicted molar refractivity (Wildman–Crippen MR) is 94.0 cm³/mol. The molecule has 2 aromatic rings. The molecule has 6 heteroatoms. The van der Waals surface area contributed by atoms with Gasteiger partial charge in [0, 0.05) is 24.1 Å². The van der Waals surface area contributed by atoms with E-state index in [0.717, 1.165) is 35.6 Å². The van der Waals surface area contributed by atoms with Gasteiger partial charge in [0.05, 0.1) is 12.4 Å². The third-order valence-electron chi connectivity index (χ3n) is 4.08. The van der Waals surface area contributed by atoms with Crippen molar-refractivity contribution < 1.29 is 4.79 Å². The molecule has 0 bridgehead atoms. The fraction of sp³-hybridized carbons (Fsp3) is 0.412. The molecule has 0 spiro atoms. The molecule has 1 fully saturated rings. The lowest BCUT2D eigenvalue weighted by Gasteiger charge is -2.24. The number of nitrogens with zero attached hydrogens (tertiary/aromatic N) is 2. The number of aromatic nitrogens is 2. The fourth-order valence-electron chi connectivity index (χ4n) is 2.72. The molecular formula is C17H22N4OS. The third-order valence-corrected chi connectivity index (χ3v) is 5.13. The number of amides is 2.